The fourth-order valence-corrected chi connectivity index (χ4v) is 3.28. The number of hydrogen-bond acceptors (Lipinski definition) is 3. The average molecular weight is 344 g/mol. The van der Waals surface area contributed by atoms with Crippen molar-refractivity contribution in [3.05, 3.63) is 30.3 Å². The Morgan fingerprint density at radius 1 is 1.12 bits per heavy atom. The number of likely N-dealkylation sites (N-methyl/N-ethyl adjacent to an activating group) is 1. The number of benzene rings is 1. The largest absolute Gasteiger partial charge is 0.338 e. The van der Waals surface area contributed by atoms with E-state index in [1.54, 1.807) is 4.90 Å². The predicted octanol–water partition coefficient (Wildman–Crippen LogP) is 2.09. The number of piperazine rings is 1. The van der Waals surface area contributed by atoms with E-state index < -0.39 is 0 Å². The first kappa shape index (κ1) is 17.7. The van der Waals surface area contributed by atoms with Crippen LogP contribution < -0.4 is 5.32 Å². The molecule has 1 N–H and O–H groups in total. The molecule has 3 amide bonds. The van der Waals surface area contributed by atoms with E-state index in [1.165, 1.54) is 12.8 Å². The quantitative estimate of drug-likeness (QED) is 0.890. The number of urea groups is 1. The number of rotatable bonds is 5. The van der Waals surface area contributed by atoms with Crippen molar-refractivity contribution in [2.75, 3.05) is 45.1 Å². The molecule has 2 aliphatic rings. The highest BCUT2D eigenvalue weighted by Gasteiger charge is 2.32. The topological polar surface area (TPSA) is 55.9 Å². The molecule has 1 saturated heterocycles. The van der Waals surface area contributed by atoms with Crippen molar-refractivity contribution < 1.29 is 9.59 Å². The summed E-state index contributed by atoms with van der Waals surface area (Å²) < 4.78 is 0. The molecule has 0 aromatic heterocycles. The summed E-state index contributed by atoms with van der Waals surface area (Å²) in [6, 6.07) is 9.82. The molecule has 136 valence electrons. The summed E-state index contributed by atoms with van der Waals surface area (Å²) >= 11 is 0. The van der Waals surface area contributed by atoms with Gasteiger partial charge in [-0.3, -0.25) is 9.69 Å². The van der Waals surface area contributed by atoms with Gasteiger partial charge in [-0.2, -0.15) is 0 Å². The van der Waals surface area contributed by atoms with E-state index in [0.29, 0.717) is 38.8 Å². The lowest BCUT2D eigenvalue weighted by Gasteiger charge is -2.36. The molecule has 2 fully saturated rings. The third kappa shape index (κ3) is 4.72. The minimum atomic E-state index is -0.0993. The van der Waals surface area contributed by atoms with E-state index >= 15 is 0 Å². The number of amides is 3. The van der Waals surface area contributed by atoms with E-state index in [1.807, 2.05) is 42.3 Å². The summed E-state index contributed by atoms with van der Waals surface area (Å²) in [5.41, 5.74) is 0.793. The normalized spacial score (nSPS) is 19.0. The van der Waals surface area contributed by atoms with Gasteiger partial charge < -0.3 is 15.1 Å². The Morgan fingerprint density at radius 3 is 2.32 bits per heavy atom. The Kier molecular flexibility index (Phi) is 5.58. The monoisotopic (exact) mass is 344 g/mol. The van der Waals surface area contributed by atoms with Gasteiger partial charge in [0, 0.05) is 37.9 Å². The third-order valence-electron chi connectivity index (χ3n) is 5.33. The summed E-state index contributed by atoms with van der Waals surface area (Å²) in [6.07, 6.45) is 2.57. The van der Waals surface area contributed by atoms with Crippen LogP contribution in [0.4, 0.5) is 10.5 Å². The van der Waals surface area contributed by atoms with Gasteiger partial charge in [0.2, 0.25) is 5.91 Å². The van der Waals surface area contributed by atoms with Crippen LogP contribution in [0, 0.1) is 5.92 Å². The Hall–Kier alpha value is -2.08. The third-order valence-corrected chi connectivity index (χ3v) is 5.33. The van der Waals surface area contributed by atoms with Crippen LogP contribution in [-0.4, -0.2) is 72.5 Å². The fourth-order valence-electron chi connectivity index (χ4n) is 3.28. The Labute approximate surface area is 149 Å². The van der Waals surface area contributed by atoms with Crippen LogP contribution >= 0.6 is 0 Å². The first-order valence-corrected chi connectivity index (χ1v) is 9.13. The van der Waals surface area contributed by atoms with Gasteiger partial charge in [0.1, 0.15) is 0 Å². The number of hydrogen-bond donors (Lipinski definition) is 1. The summed E-state index contributed by atoms with van der Waals surface area (Å²) in [4.78, 5) is 30.6. The lowest BCUT2D eigenvalue weighted by molar-refractivity contribution is -0.134. The number of nitrogens with zero attached hydrogens (tertiary/aromatic N) is 3. The molecule has 0 radical (unpaired) electrons. The van der Waals surface area contributed by atoms with Crippen LogP contribution in [0.25, 0.3) is 0 Å². The molecule has 6 heteroatoms. The minimum absolute atomic E-state index is 0.0993. The minimum Gasteiger partial charge on any atom is -0.338 e. The zero-order valence-corrected chi connectivity index (χ0v) is 15.1. The number of anilines is 1. The van der Waals surface area contributed by atoms with Crippen LogP contribution in [0.5, 0.6) is 0 Å². The maximum Gasteiger partial charge on any atom is 0.321 e. The Morgan fingerprint density at radius 2 is 1.72 bits per heavy atom. The number of carbonyl (C=O) groups excluding carboxylic acids is 2. The molecule has 1 aromatic rings. The summed E-state index contributed by atoms with van der Waals surface area (Å²) in [5, 5.41) is 2.90. The van der Waals surface area contributed by atoms with Gasteiger partial charge in [-0.25, -0.2) is 4.79 Å². The molecule has 1 atom stereocenters. The van der Waals surface area contributed by atoms with Crippen LogP contribution in [0.2, 0.25) is 0 Å². The van der Waals surface area contributed by atoms with Crippen molar-refractivity contribution in [2.45, 2.75) is 25.8 Å². The van der Waals surface area contributed by atoms with E-state index in [0.717, 1.165) is 11.6 Å². The fraction of sp³-hybridized carbons (Fsp3) is 0.579. The zero-order chi connectivity index (χ0) is 17.8. The SMILES string of the molecule is CC(C1CC1)N(C)CC(=O)N1CCN(C(=O)Nc2ccccc2)CC1. The molecule has 0 bridgehead atoms. The van der Waals surface area contributed by atoms with Crippen LogP contribution in [0.1, 0.15) is 19.8 Å². The van der Waals surface area contributed by atoms with E-state index in [-0.39, 0.29) is 11.9 Å². The molecule has 6 nitrogen and oxygen atoms in total. The van der Waals surface area contributed by atoms with Crippen LogP contribution in [-0.2, 0) is 4.79 Å². The summed E-state index contributed by atoms with van der Waals surface area (Å²) in [7, 11) is 2.03. The van der Waals surface area contributed by atoms with Crippen molar-refractivity contribution in [1.29, 1.82) is 0 Å². The smallest absolute Gasteiger partial charge is 0.321 e. The Bertz CT molecular complexity index is 595. The second kappa shape index (κ2) is 7.87. The first-order valence-electron chi connectivity index (χ1n) is 9.13. The summed E-state index contributed by atoms with van der Waals surface area (Å²) in [5.74, 6) is 0.925. The molecule has 1 unspecified atom stereocenters. The van der Waals surface area contributed by atoms with Crippen molar-refractivity contribution in [2.24, 2.45) is 5.92 Å². The van der Waals surface area contributed by atoms with Crippen molar-refractivity contribution in [3.63, 3.8) is 0 Å². The standard InChI is InChI=1S/C19H28N4O2/c1-15(16-8-9-16)21(2)14-18(24)22-10-12-23(13-11-22)19(25)20-17-6-4-3-5-7-17/h3-7,15-16H,8-14H2,1-2H3,(H,20,25). The second-order valence-electron chi connectivity index (χ2n) is 7.16. The molecule has 3 rings (SSSR count). The molecule has 1 aliphatic heterocycles. The number of carbonyl (C=O) groups is 2. The van der Waals surface area contributed by atoms with Crippen LogP contribution in [0.15, 0.2) is 30.3 Å². The predicted molar refractivity (Wildman–Crippen MR) is 98.4 cm³/mol. The highest BCUT2D eigenvalue weighted by molar-refractivity contribution is 5.89. The van der Waals surface area contributed by atoms with Crippen molar-refractivity contribution in [3.8, 4) is 0 Å². The molecule has 1 aliphatic carbocycles. The Balaban J connectivity index is 1.43. The number of nitrogens with one attached hydrogen (secondary N) is 1. The number of para-hydroxylation sites is 1. The van der Waals surface area contributed by atoms with Crippen molar-refractivity contribution in [1.82, 2.24) is 14.7 Å². The molecular formula is C19H28N4O2. The lowest BCUT2D eigenvalue weighted by Crippen LogP contribution is -2.53. The maximum atomic E-state index is 12.5. The molecule has 1 saturated carbocycles. The van der Waals surface area contributed by atoms with E-state index in [4.69, 9.17) is 0 Å². The highest BCUT2D eigenvalue weighted by Crippen LogP contribution is 2.34. The van der Waals surface area contributed by atoms with Gasteiger partial charge in [-0.1, -0.05) is 18.2 Å². The van der Waals surface area contributed by atoms with Gasteiger partial charge in [0.15, 0.2) is 0 Å². The van der Waals surface area contributed by atoms with Gasteiger partial charge >= 0.3 is 6.03 Å². The molecule has 1 heterocycles. The molecular weight excluding hydrogens is 316 g/mol. The van der Waals surface area contributed by atoms with Crippen LogP contribution in [0.3, 0.4) is 0 Å². The zero-order valence-electron chi connectivity index (χ0n) is 15.1. The summed E-state index contributed by atoms with van der Waals surface area (Å²) in [6.45, 7) is 5.03. The molecule has 0 spiro atoms. The van der Waals surface area contributed by atoms with Gasteiger partial charge in [0.05, 0.1) is 6.54 Å². The van der Waals surface area contributed by atoms with Gasteiger partial charge in [-0.15, -0.1) is 0 Å². The van der Waals surface area contributed by atoms with E-state index in [2.05, 4.69) is 17.1 Å². The van der Waals surface area contributed by atoms with Gasteiger partial charge in [-0.05, 0) is 44.9 Å². The maximum absolute atomic E-state index is 12.5. The average Bonchev–Trinajstić information content (AvgIpc) is 3.47. The van der Waals surface area contributed by atoms with Crippen molar-refractivity contribution >= 4 is 17.6 Å². The van der Waals surface area contributed by atoms with Gasteiger partial charge in [0.25, 0.3) is 0 Å². The van der Waals surface area contributed by atoms with E-state index in [9.17, 15) is 9.59 Å². The molecule has 25 heavy (non-hydrogen) atoms. The highest BCUT2D eigenvalue weighted by atomic mass is 16.2. The first-order chi connectivity index (χ1) is 12.0. The lowest BCUT2D eigenvalue weighted by atomic mass is 10.2. The second-order valence-corrected chi connectivity index (χ2v) is 7.16. The molecule has 1 aromatic carbocycles.